The van der Waals surface area contributed by atoms with Gasteiger partial charge in [-0.2, -0.15) is 0 Å². The van der Waals surface area contributed by atoms with Crippen LogP contribution in [0.1, 0.15) is 28.7 Å². The van der Waals surface area contributed by atoms with Gasteiger partial charge in [-0.05, 0) is 42.7 Å². The van der Waals surface area contributed by atoms with Crippen LogP contribution in [0.25, 0.3) is 11.1 Å². The summed E-state index contributed by atoms with van der Waals surface area (Å²) in [7, 11) is 0. The summed E-state index contributed by atoms with van der Waals surface area (Å²) in [5.41, 5.74) is 4.89. The second-order valence-corrected chi connectivity index (χ2v) is 5.14. The van der Waals surface area contributed by atoms with Crippen molar-refractivity contribution in [3.05, 3.63) is 65.0 Å². The van der Waals surface area contributed by atoms with Gasteiger partial charge in [-0.25, -0.2) is 4.98 Å². The van der Waals surface area contributed by atoms with Crippen LogP contribution in [-0.4, -0.2) is 10.1 Å². The molecule has 3 aromatic rings. The van der Waals surface area contributed by atoms with E-state index in [0.29, 0.717) is 12.3 Å². The number of hydrogen-bond acceptors (Lipinski definition) is 3. The summed E-state index contributed by atoms with van der Waals surface area (Å²) < 4.78 is 5.64. The molecule has 1 heterocycles. The second-order valence-electron chi connectivity index (χ2n) is 5.14. The lowest BCUT2D eigenvalue weighted by molar-refractivity contribution is 0.169. The minimum absolute atomic E-state index is 0.386. The van der Waals surface area contributed by atoms with Gasteiger partial charge in [0.15, 0.2) is 11.5 Å². The molecule has 0 amide bonds. The van der Waals surface area contributed by atoms with Crippen LogP contribution < -0.4 is 0 Å². The number of nitrogens with zero attached hydrogens (tertiary/aromatic N) is 1. The van der Waals surface area contributed by atoms with Crippen molar-refractivity contribution in [3.63, 3.8) is 0 Å². The van der Waals surface area contributed by atoms with Crippen LogP contribution >= 0.6 is 0 Å². The summed E-state index contributed by atoms with van der Waals surface area (Å²) in [6.45, 7) is 4.11. The van der Waals surface area contributed by atoms with Crippen LogP contribution in [0.15, 0.2) is 46.9 Å². The zero-order chi connectivity index (χ0) is 14.1. The lowest BCUT2D eigenvalue weighted by atomic mass is 10.0. The minimum atomic E-state index is -0.595. The highest BCUT2D eigenvalue weighted by atomic mass is 16.4. The Morgan fingerprint density at radius 1 is 1.10 bits per heavy atom. The van der Waals surface area contributed by atoms with Crippen LogP contribution in [0.3, 0.4) is 0 Å². The van der Waals surface area contributed by atoms with Crippen LogP contribution in [0.5, 0.6) is 0 Å². The molecule has 0 aliphatic heterocycles. The van der Waals surface area contributed by atoms with Gasteiger partial charge in [0.1, 0.15) is 5.52 Å². The molecule has 3 rings (SSSR count). The summed E-state index contributed by atoms with van der Waals surface area (Å²) in [6, 6.07) is 13.6. The Morgan fingerprint density at radius 2 is 1.90 bits per heavy atom. The Labute approximate surface area is 117 Å². The number of hydrogen-bond donors (Lipinski definition) is 1. The van der Waals surface area contributed by atoms with E-state index in [-0.39, 0.29) is 0 Å². The van der Waals surface area contributed by atoms with Crippen molar-refractivity contribution < 1.29 is 9.52 Å². The molecule has 0 aliphatic rings. The van der Waals surface area contributed by atoms with Gasteiger partial charge in [-0.3, -0.25) is 0 Å². The third kappa shape index (κ3) is 2.45. The molecule has 0 saturated carbocycles. The van der Waals surface area contributed by atoms with Crippen LogP contribution in [-0.2, 0) is 6.42 Å². The number of aryl methyl sites for hydroxylation is 2. The molecule has 0 radical (unpaired) electrons. The number of aliphatic hydroxyl groups excluding tert-OH is 1. The number of fused-ring (bicyclic) bond motifs is 1. The first-order valence-corrected chi connectivity index (χ1v) is 6.73. The van der Waals surface area contributed by atoms with Gasteiger partial charge in [0, 0.05) is 0 Å². The average Bonchev–Trinajstić information content (AvgIpc) is 2.83. The highest BCUT2D eigenvalue weighted by Crippen LogP contribution is 2.23. The van der Waals surface area contributed by atoms with E-state index in [0.717, 1.165) is 16.7 Å². The molecule has 0 bridgehead atoms. The van der Waals surface area contributed by atoms with Crippen molar-refractivity contribution in [2.75, 3.05) is 0 Å². The van der Waals surface area contributed by atoms with Crippen molar-refractivity contribution >= 4 is 11.1 Å². The number of benzene rings is 2. The molecule has 1 unspecified atom stereocenters. The average molecular weight is 267 g/mol. The second kappa shape index (κ2) is 5.10. The van der Waals surface area contributed by atoms with Crippen molar-refractivity contribution in [1.29, 1.82) is 0 Å². The smallest absolute Gasteiger partial charge is 0.198 e. The topological polar surface area (TPSA) is 46.3 Å². The fourth-order valence-corrected chi connectivity index (χ4v) is 2.26. The number of para-hydroxylation sites is 2. The third-order valence-electron chi connectivity index (χ3n) is 3.62. The maximum atomic E-state index is 10.3. The Kier molecular flexibility index (Phi) is 3.28. The van der Waals surface area contributed by atoms with Gasteiger partial charge >= 0.3 is 0 Å². The molecule has 1 aromatic heterocycles. The molecule has 2 aromatic carbocycles. The monoisotopic (exact) mass is 267 g/mol. The van der Waals surface area contributed by atoms with E-state index in [1.54, 1.807) is 0 Å². The molecule has 20 heavy (non-hydrogen) atoms. The predicted octanol–water partition coefficient (Wildman–Crippen LogP) is 3.72. The molecule has 0 fully saturated rings. The minimum Gasteiger partial charge on any atom is -0.441 e. The number of aliphatic hydroxyl groups is 1. The van der Waals surface area contributed by atoms with Crippen molar-refractivity contribution in [1.82, 2.24) is 4.98 Å². The van der Waals surface area contributed by atoms with E-state index in [2.05, 4.69) is 11.9 Å². The zero-order valence-corrected chi connectivity index (χ0v) is 11.6. The van der Waals surface area contributed by atoms with Crippen LogP contribution in [0.2, 0.25) is 0 Å². The first-order chi connectivity index (χ1) is 9.63. The maximum Gasteiger partial charge on any atom is 0.198 e. The Hall–Kier alpha value is -2.13. The van der Waals surface area contributed by atoms with E-state index >= 15 is 0 Å². The van der Waals surface area contributed by atoms with Crippen molar-refractivity contribution in [3.8, 4) is 0 Å². The van der Waals surface area contributed by atoms with Gasteiger partial charge < -0.3 is 9.52 Å². The predicted molar refractivity (Wildman–Crippen MR) is 78.6 cm³/mol. The Morgan fingerprint density at radius 3 is 2.65 bits per heavy atom. The summed E-state index contributed by atoms with van der Waals surface area (Å²) in [6.07, 6.45) is -0.209. The molecular formula is C17H17NO2. The van der Waals surface area contributed by atoms with Crippen LogP contribution in [0.4, 0.5) is 0 Å². The summed E-state index contributed by atoms with van der Waals surface area (Å²) in [5, 5.41) is 10.3. The number of oxazole rings is 1. The van der Waals surface area contributed by atoms with Gasteiger partial charge in [0.2, 0.25) is 0 Å². The summed E-state index contributed by atoms with van der Waals surface area (Å²) in [5.74, 6) is 0.567. The highest BCUT2D eigenvalue weighted by Gasteiger charge is 2.14. The van der Waals surface area contributed by atoms with Crippen LogP contribution in [0, 0.1) is 13.8 Å². The van der Waals surface area contributed by atoms with E-state index in [4.69, 9.17) is 4.42 Å². The van der Waals surface area contributed by atoms with E-state index in [9.17, 15) is 5.11 Å². The third-order valence-corrected chi connectivity index (χ3v) is 3.62. The number of rotatable bonds is 3. The molecular weight excluding hydrogens is 250 g/mol. The van der Waals surface area contributed by atoms with Gasteiger partial charge in [-0.1, -0.05) is 30.3 Å². The van der Waals surface area contributed by atoms with Gasteiger partial charge in [-0.15, -0.1) is 0 Å². The zero-order valence-electron chi connectivity index (χ0n) is 11.6. The standard InChI is InChI=1S/C17H17NO2/c1-11-7-8-13(9-12(11)2)15(19)10-17-18-14-5-3-4-6-16(14)20-17/h3-9,15,19H,10H2,1-2H3. The molecule has 0 spiro atoms. The molecule has 1 N–H and O–H groups in total. The first kappa shape index (κ1) is 12.9. The number of aromatic nitrogens is 1. The van der Waals surface area contributed by atoms with Crippen molar-refractivity contribution in [2.24, 2.45) is 0 Å². The highest BCUT2D eigenvalue weighted by molar-refractivity contribution is 5.72. The summed E-state index contributed by atoms with van der Waals surface area (Å²) >= 11 is 0. The first-order valence-electron chi connectivity index (χ1n) is 6.73. The quantitative estimate of drug-likeness (QED) is 0.786. The van der Waals surface area contributed by atoms with E-state index in [1.807, 2.05) is 49.4 Å². The summed E-state index contributed by atoms with van der Waals surface area (Å²) in [4.78, 5) is 4.39. The van der Waals surface area contributed by atoms with E-state index in [1.165, 1.54) is 11.1 Å². The maximum absolute atomic E-state index is 10.3. The molecule has 0 aliphatic carbocycles. The SMILES string of the molecule is Cc1ccc(C(O)Cc2nc3ccccc3o2)cc1C. The van der Waals surface area contributed by atoms with Gasteiger partial charge in [0.05, 0.1) is 12.5 Å². The fraction of sp³-hybridized carbons (Fsp3) is 0.235. The Bertz CT molecular complexity index is 713. The molecule has 102 valence electrons. The lowest BCUT2D eigenvalue weighted by Crippen LogP contribution is -2.02. The fourth-order valence-electron chi connectivity index (χ4n) is 2.26. The normalized spacial score (nSPS) is 12.8. The van der Waals surface area contributed by atoms with E-state index < -0.39 is 6.10 Å². The molecule has 0 saturated heterocycles. The Balaban J connectivity index is 1.84. The molecule has 3 heteroatoms. The van der Waals surface area contributed by atoms with Gasteiger partial charge in [0.25, 0.3) is 0 Å². The molecule has 1 atom stereocenters. The van der Waals surface area contributed by atoms with Crippen molar-refractivity contribution in [2.45, 2.75) is 26.4 Å². The lowest BCUT2D eigenvalue weighted by Gasteiger charge is -2.10. The molecule has 3 nitrogen and oxygen atoms in total. The largest absolute Gasteiger partial charge is 0.441 e.